The number of hydrogen-bond donors (Lipinski definition) is 3. The van der Waals surface area contributed by atoms with Crippen molar-refractivity contribution in [3.8, 4) is 0 Å². The third-order valence-corrected chi connectivity index (χ3v) is 6.02. The summed E-state index contributed by atoms with van der Waals surface area (Å²) in [5.74, 6) is 0.687. The molecule has 2 aliphatic rings. The SMILES string of the molecule is CN=C(NCCc1cccc(C(=O)NC)c1)NC1CC2CCC(C1)N2C(=O)OC(C)(C)C. The number of carbonyl (C=O) groups is 2. The van der Waals surface area contributed by atoms with Crippen LogP contribution < -0.4 is 16.0 Å². The van der Waals surface area contributed by atoms with Crippen LogP contribution >= 0.6 is 0 Å². The Morgan fingerprint density at radius 1 is 1.19 bits per heavy atom. The Hall–Kier alpha value is -2.77. The molecular weight excluding hydrogens is 406 g/mol. The third-order valence-electron chi connectivity index (χ3n) is 6.02. The number of guanidine groups is 1. The Morgan fingerprint density at radius 3 is 2.47 bits per heavy atom. The van der Waals surface area contributed by atoms with E-state index in [4.69, 9.17) is 4.74 Å². The van der Waals surface area contributed by atoms with Crippen LogP contribution in [-0.4, -0.2) is 67.2 Å². The van der Waals surface area contributed by atoms with Crippen LogP contribution in [0.3, 0.4) is 0 Å². The lowest BCUT2D eigenvalue weighted by Gasteiger charge is -2.40. The van der Waals surface area contributed by atoms with E-state index >= 15 is 0 Å². The van der Waals surface area contributed by atoms with Crippen molar-refractivity contribution in [1.82, 2.24) is 20.9 Å². The Labute approximate surface area is 191 Å². The van der Waals surface area contributed by atoms with Crippen molar-refractivity contribution in [1.29, 1.82) is 0 Å². The Balaban J connectivity index is 1.49. The van der Waals surface area contributed by atoms with Gasteiger partial charge in [-0.25, -0.2) is 4.79 Å². The molecule has 2 fully saturated rings. The predicted molar refractivity (Wildman–Crippen MR) is 126 cm³/mol. The average molecular weight is 444 g/mol. The van der Waals surface area contributed by atoms with E-state index in [1.807, 2.05) is 49.9 Å². The molecule has 0 saturated carbocycles. The molecule has 2 unspecified atom stereocenters. The summed E-state index contributed by atoms with van der Waals surface area (Å²) in [6, 6.07) is 8.36. The summed E-state index contributed by atoms with van der Waals surface area (Å²) in [5.41, 5.74) is 1.29. The number of amides is 2. The predicted octanol–water partition coefficient (Wildman–Crippen LogP) is 2.68. The second-order valence-electron chi connectivity index (χ2n) is 9.61. The van der Waals surface area contributed by atoms with Crippen molar-refractivity contribution >= 4 is 18.0 Å². The summed E-state index contributed by atoms with van der Waals surface area (Å²) >= 11 is 0. The standard InChI is InChI=1S/C24H37N5O3/c1-24(2,3)32-23(31)29-19-9-10-20(29)15-18(14-19)28-22(26-5)27-12-11-16-7-6-8-17(13-16)21(30)25-4/h6-8,13,18-20H,9-12,14-15H2,1-5H3,(H,25,30)(H2,26,27,28). The van der Waals surface area contributed by atoms with Crippen LogP contribution in [0.4, 0.5) is 4.79 Å². The maximum atomic E-state index is 12.6. The minimum absolute atomic E-state index is 0.0790. The number of fused-ring (bicyclic) bond motifs is 2. The van der Waals surface area contributed by atoms with Crippen molar-refractivity contribution in [2.45, 2.75) is 76.6 Å². The fraction of sp³-hybridized carbons (Fsp3) is 0.625. The number of rotatable bonds is 5. The molecular formula is C24H37N5O3. The highest BCUT2D eigenvalue weighted by atomic mass is 16.6. The molecule has 32 heavy (non-hydrogen) atoms. The van der Waals surface area contributed by atoms with E-state index in [9.17, 15) is 9.59 Å². The van der Waals surface area contributed by atoms with Crippen LogP contribution in [0, 0.1) is 0 Å². The van der Waals surface area contributed by atoms with Gasteiger partial charge in [0.05, 0.1) is 0 Å². The normalized spacial score (nSPS) is 23.0. The van der Waals surface area contributed by atoms with Gasteiger partial charge in [0, 0.05) is 44.3 Å². The zero-order valence-corrected chi connectivity index (χ0v) is 19.9. The molecule has 0 radical (unpaired) electrons. The number of aliphatic imine (C=N–C) groups is 1. The van der Waals surface area contributed by atoms with Crippen molar-refractivity contribution in [3.63, 3.8) is 0 Å². The number of benzene rings is 1. The number of nitrogens with one attached hydrogen (secondary N) is 3. The fourth-order valence-electron chi connectivity index (χ4n) is 4.63. The molecule has 176 valence electrons. The van der Waals surface area contributed by atoms with E-state index in [0.29, 0.717) is 12.1 Å². The van der Waals surface area contributed by atoms with Gasteiger partial charge >= 0.3 is 6.09 Å². The molecule has 8 nitrogen and oxygen atoms in total. The Kier molecular flexibility index (Phi) is 7.64. The largest absolute Gasteiger partial charge is 0.444 e. The van der Waals surface area contributed by atoms with Gasteiger partial charge in [-0.15, -0.1) is 0 Å². The van der Waals surface area contributed by atoms with Gasteiger partial charge in [-0.05, 0) is 70.6 Å². The zero-order chi connectivity index (χ0) is 23.3. The van der Waals surface area contributed by atoms with E-state index < -0.39 is 5.60 Å². The summed E-state index contributed by atoms with van der Waals surface area (Å²) in [6.07, 6.45) is 4.43. The first-order valence-corrected chi connectivity index (χ1v) is 11.5. The molecule has 2 aliphatic heterocycles. The van der Waals surface area contributed by atoms with Gasteiger partial charge in [0.15, 0.2) is 5.96 Å². The van der Waals surface area contributed by atoms with E-state index in [0.717, 1.165) is 43.6 Å². The van der Waals surface area contributed by atoms with Gasteiger partial charge in [0.1, 0.15) is 5.60 Å². The maximum Gasteiger partial charge on any atom is 0.410 e. The highest BCUT2D eigenvalue weighted by molar-refractivity contribution is 5.94. The van der Waals surface area contributed by atoms with Crippen LogP contribution in [0.25, 0.3) is 0 Å². The lowest BCUT2D eigenvalue weighted by Crippen LogP contribution is -2.55. The number of nitrogens with zero attached hydrogens (tertiary/aromatic N) is 2. The molecule has 1 aromatic rings. The van der Waals surface area contributed by atoms with Gasteiger partial charge in [0.2, 0.25) is 0 Å². The smallest absolute Gasteiger partial charge is 0.410 e. The monoisotopic (exact) mass is 443 g/mol. The van der Waals surface area contributed by atoms with E-state index in [-0.39, 0.29) is 30.1 Å². The Morgan fingerprint density at radius 2 is 1.88 bits per heavy atom. The van der Waals surface area contributed by atoms with E-state index in [1.165, 1.54) is 0 Å². The molecule has 1 aromatic carbocycles. The van der Waals surface area contributed by atoms with Crippen LogP contribution in [0.15, 0.2) is 29.3 Å². The zero-order valence-electron chi connectivity index (χ0n) is 19.9. The quantitative estimate of drug-likeness (QED) is 0.480. The second kappa shape index (κ2) is 10.2. The van der Waals surface area contributed by atoms with Gasteiger partial charge in [0.25, 0.3) is 5.91 Å². The van der Waals surface area contributed by atoms with Crippen molar-refractivity contribution in [3.05, 3.63) is 35.4 Å². The molecule has 2 atom stereocenters. The van der Waals surface area contributed by atoms with Crippen LogP contribution in [0.1, 0.15) is 62.4 Å². The van der Waals surface area contributed by atoms with Gasteiger partial charge in [-0.1, -0.05) is 12.1 Å². The number of carbonyl (C=O) groups excluding carboxylic acids is 2. The first kappa shape index (κ1) is 23.9. The van der Waals surface area contributed by atoms with Gasteiger partial charge in [-0.2, -0.15) is 0 Å². The first-order valence-electron chi connectivity index (χ1n) is 11.5. The summed E-state index contributed by atoms with van der Waals surface area (Å²) < 4.78 is 5.63. The summed E-state index contributed by atoms with van der Waals surface area (Å²) in [4.78, 5) is 30.8. The number of ether oxygens (including phenoxy) is 1. The molecule has 8 heteroatoms. The molecule has 0 aliphatic carbocycles. The first-order chi connectivity index (χ1) is 15.2. The number of hydrogen-bond acceptors (Lipinski definition) is 4. The summed E-state index contributed by atoms with van der Waals surface area (Å²) in [6.45, 7) is 6.43. The highest BCUT2D eigenvalue weighted by Gasteiger charge is 2.45. The van der Waals surface area contributed by atoms with Crippen molar-refractivity contribution in [2.75, 3.05) is 20.6 Å². The summed E-state index contributed by atoms with van der Waals surface area (Å²) in [7, 11) is 3.41. The number of piperidine rings is 1. The molecule has 0 aromatic heterocycles. The van der Waals surface area contributed by atoms with E-state index in [1.54, 1.807) is 14.1 Å². The van der Waals surface area contributed by atoms with Crippen molar-refractivity contribution in [2.24, 2.45) is 4.99 Å². The molecule has 2 heterocycles. The van der Waals surface area contributed by atoms with Crippen LogP contribution in [-0.2, 0) is 11.2 Å². The van der Waals surface area contributed by atoms with Crippen LogP contribution in [0.2, 0.25) is 0 Å². The molecule has 0 spiro atoms. The fourth-order valence-corrected chi connectivity index (χ4v) is 4.63. The molecule has 3 N–H and O–H groups in total. The third kappa shape index (κ3) is 6.14. The van der Waals surface area contributed by atoms with E-state index in [2.05, 4.69) is 20.9 Å². The highest BCUT2D eigenvalue weighted by Crippen LogP contribution is 2.36. The van der Waals surface area contributed by atoms with Crippen molar-refractivity contribution < 1.29 is 14.3 Å². The minimum Gasteiger partial charge on any atom is -0.444 e. The minimum atomic E-state index is -0.475. The molecule has 3 rings (SSSR count). The average Bonchev–Trinajstić information content (AvgIpc) is 3.02. The topological polar surface area (TPSA) is 95.1 Å². The maximum absolute atomic E-state index is 12.6. The lowest BCUT2D eigenvalue weighted by atomic mass is 9.98. The second-order valence-corrected chi connectivity index (χ2v) is 9.61. The lowest BCUT2D eigenvalue weighted by molar-refractivity contribution is 0.00544. The molecule has 2 saturated heterocycles. The molecule has 2 bridgehead atoms. The van der Waals surface area contributed by atoms with Crippen LogP contribution in [0.5, 0.6) is 0 Å². The molecule has 2 amide bonds. The van der Waals surface area contributed by atoms with Gasteiger partial charge < -0.3 is 25.6 Å². The Bertz CT molecular complexity index is 834. The van der Waals surface area contributed by atoms with Gasteiger partial charge in [-0.3, -0.25) is 9.79 Å². The summed E-state index contributed by atoms with van der Waals surface area (Å²) in [5, 5.41) is 9.57.